The monoisotopic (exact) mass is 285 g/mol. The third-order valence-electron chi connectivity index (χ3n) is 4.69. The molecule has 0 bridgehead atoms. The molecule has 1 heterocycles. The Hall–Kier alpha value is -1.84. The standard InChI is InChI=1S/C17H23N3O/c1-12-16(18)20-17(19-12,13-6-4-3-5-7-13)14-8-10-15(21-2)11-9-14/h8-11,13H,3-7H2,1-2H3,(H2,18,20)/t17-/m0/s1. The fraction of sp³-hybridized carbons (Fsp3) is 0.529. The third kappa shape index (κ3) is 2.43. The fourth-order valence-electron chi connectivity index (χ4n) is 3.49. The molecular weight excluding hydrogens is 262 g/mol. The van der Waals surface area contributed by atoms with E-state index in [0.29, 0.717) is 11.8 Å². The van der Waals surface area contributed by atoms with Gasteiger partial charge in [0, 0.05) is 11.5 Å². The summed E-state index contributed by atoms with van der Waals surface area (Å²) in [6.07, 6.45) is 6.16. The van der Waals surface area contributed by atoms with E-state index < -0.39 is 5.66 Å². The maximum Gasteiger partial charge on any atom is 0.181 e. The van der Waals surface area contributed by atoms with E-state index in [1.807, 2.05) is 19.1 Å². The van der Waals surface area contributed by atoms with Crippen molar-refractivity contribution in [3.05, 3.63) is 29.8 Å². The summed E-state index contributed by atoms with van der Waals surface area (Å²) in [5, 5.41) is 0. The molecule has 1 atom stereocenters. The van der Waals surface area contributed by atoms with Crippen molar-refractivity contribution < 1.29 is 4.74 Å². The first-order chi connectivity index (χ1) is 10.2. The Morgan fingerprint density at radius 3 is 2.29 bits per heavy atom. The first-order valence-electron chi connectivity index (χ1n) is 7.72. The van der Waals surface area contributed by atoms with E-state index in [0.717, 1.165) is 17.0 Å². The van der Waals surface area contributed by atoms with Gasteiger partial charge in [0.05, 0.1) is 12.8 Å². The molecule has 1 aliphatic carbocycles. The molecule has 0 saturated heterocycles. The Balaban J connectivity index is 2.04. The Bertz CT molecular complexity index is 550. The number of methoxy groups -OCH3 is 1. The summed E-state index contributed by atoms with van der Waals surface area (Å²) >= 11 is 0. The topological polar surface area (TPSA) is 60.0 Å². The van der Waals surface area contributed by atoms with Crippen molar-refractivity contribution in [3.8, 4) is 5.75 Å². The van der Waals surface area contributed by atoms with E-state index in [4.69, 9.17) is 20.5 Å². The number of nitrogens with two attached hydrogens (primary N) is 1. The highest BCUT2D eigenvalue weighted by Gasteiger charge is 2.43. The highest BCUT2D eigenvalue weighted by molar-refractivity contribution is 6.41. The van der Waals surface area contributed by atoms with Crippen LogP contribution >= 0.6 is 0 Å². The van der Waals surface area contributed by atoms with Gasteiger partial charge in [-0.25, -0.2) is 4.99 Å². The molecule has 4 heteroatoms. The second-order valence-electron chi connectivity index (χ2n) is 5.98. The van der Waals surface area contributed by atoms with Crippen LogP contribution in [0.2, 0.25) is 0 Å². The second kappa shape index (κ2) is 5.51. The lowest BCUT2D eigenvalue weighted by Crippen LogP contribution is -2.32. The molecular formula is C17H23N3O. The first-order valence-corrected chi connectivity index (χ1v) is 7.72. The lowest BCUT2D eigenvalue weighted by molar-refractivity contribution is 0.220. The number of amidine groups is 1. The van der Waals surface area contributed by atoms with Gasteiger partial charge >= 0.3 is 0 Å². The van der Waals surface area contributed by atoms with Gasteiger partial charge in [-0.15, -0.1) is 0 Å². The van der Waals surface area contributed by atoms with Gasteiger partial charge < -0.3 is 10.5 Å². The van der Waals surface area contributed by atoms with Gasteiger partial charge in [0.1, 0.15) is 11.6 Å². The van der Waals surface area contributed by atoms with Gasteiger partial charge in [-0.3, -0.25) is 4.99 Å². The molecule has 1 aromatic rings. The number of hydrogen-bond donors (Lipinski definition) is 1. The molecule has 21 heavy (non-hydrogen) atoms. The molecule has 0 amide bonds. The number of aliphatic imine (C=N–C) groups is 2. The molecule has 1 aromatic carbocycles. The van der Waals surface area contributed by atoms with Gasteiger partial charge in [0.2, 0.25) is 0 Å². The summed E-state index contributed by atoms with van der Waals surface area (Å²) in [5.74, 6) is 1.88. The molecule has 1 aliphatic heterocycles. The second-order valence-corrected chi connectivity index (χ2v) is 5.98. The summed E-state index contributed by atoms with van der Waals surface area (Å²) in [5.41, 5.74) is 7.51. The molecule has 1 saturated carbocycles. The van der Waals surface area contributed by atoms with Crippen molar-refractivity contribution in [2.24, 2.45) is 21.6 Å². The molecule has 4 nitrogen and oxygen atoms in total. The van der Waals surface area contributed by atoms with Crippen LogP contribution in [0.5, 0.6) is 5.75 Å². The van der Waals surface area contributed by atoms with E-state index in [-0.39, 0.29) is 0 Å². The average molecular weight is 285 g/mol. The van der Waals surface area contributed by atoms with Crippen molar-refractivity contribution in [1.29, 1.82) is 0 Å². The van der Waals surface area contributed by atoms with Gasteiger partial charge in [-0.2, -0.15) is 0 Å². The van der Waals surface area contributed by atoms with Crippen LogP contribution in [0, 0.1) is 5.92 Å². The Kier molecular flexibility index (Phi) is 3.70. The molecule has 3 rings (SSSR count). The third-order valence-corrected chi connectivity index (χ3v) is 4.69. The highest BCUT2D eigenvalue weighted by Crippen LogP contribution is 2.45. The minimum atomic E-state index is -0.513. The molecule has 0 radical (unpaired) electrons. The van der Waals surface area contributed by atoms with Gasteiger partial charge in [-0.05, 0) is 31.9 Å². The summed E-state index contributed by atoms with van der Waals surface area (Å²) in [6, 6.07) is 8.11. The zero-order valence-electron chi connectivity index (χ0n) is 12.8. The maximum atomic E-state index is 6.05. The molecule has 2 N–H and O–H groups in total. The van der Waals surface area contributed by atoms with Crippen LogP contribution in [-0.2, 0) is 5.66 Å². The number of benzene rings is 1. The SMILES string of the molecule is COc1ccc([C@@]2(C3CCCCC3)N=C(C)C(N)=N2)cc1. The zero-order chi connectivity index (χ0) is 14.9. The Morgan fingerprint density at radius 1 is 1.10 bits per heavy atom. The largest absolute Gasteiger partial charge is 0.497 e. The molecule has 1 fully saturated rings. The summed E-state index contributed by atoms with van der Waals surface area (Å²) in [7, 11) is 1.68. The summed E-state index contributed by atoms with van der Waals surface area (Å²) < 4.78 is 5.26. The molecule has 2 aliphatic rings. The molecule has 112 valence electrons. The number of rotatable bonds is 3. The predicted molar refractivity (Wildman–Crippen MR) is 86.0 cm³/mol. The van der Waals surface area contributed by atoms with Crippen LogP contribution < -0.4 is 10.5 Å². The minimum Gasteiger partial charge on any atom is -0.497 e. The minimum absolute atomic E-state index is 0.440. The Morgan fingerprint density at radius 2 is 1.76 bits per heavy atom. The summed E-state index contributed by atoms with van der Waals surface area (Å²) in [4.78, 5) is 9.70. The van der Waals surface area contributed by atoms with Crippen molar-refractivity contribution in [1.82, 2.24) is 0 Å². The summed E-state index contributed by atoms with van der Waals surface area (Å²) in [6.45, 7) is 1.95. The molecule has 0 aromatic heterocycles. The quantitative estimate of drug-likeness (QED) is 0.926. The predicted octanol–water partition coefficient (Wildman–Crippen LogP) is 3.26. The maximum absolute atomic E-state index is 6.05. The van der Waals surface area contributed by atoms with Crippen molar-refractivity contribution >= 4 is 11.5 Å². The van der Waals surface area contributed by atoms with Crippen LogP contribution in [0.1, 0.15) is 44.6 Å². The Labute approximate surface area is 126 Å². The van der Waals surface area contributed by atoms with Crippen LogP contribution in [-0.4, -0.2) is 18.7 Å². The average Bonchev–Trinajstić information content (AvgIpc) is 2.85. The lowest BCUT2D eigenvalue weighted by atomic mass is 9.77. The van der Waals surface area contributed by atoms with Crippen molar-refractivity contribution in [3.63, 3.8) is 0 Å². The van der Waals surface area contributed by atoms with Crippen LogP contribution in [0.15, 0.2) is 34.3 Å². The van der Waals surface area contributed by atoms with E-state index in [9.17, 15) is 0 Å². The lowest BCUT2D eigenvalue weighted by Gasteiger charge is -2.35. The number of ether oxygens (including phenoxy) is 1. The van der Waals surface area contributed by atoms with Gasteiger partial charge in [0.25, 0.3) is 0 Å². The number of hydrogen-bond acceptors (Lipinski definition) is 4. The van der Waals surface area contributed by atoms with E-state index in [1.165, 1.54) is 32.1 Å². The van der Waals surface area contributed by atoms with Crippen LogP contribution in [0.25, 0.3) is 0 Å². The normalized spacial score (nSPS) is 26.4. The van der Waals surface area contributed by atoms with E-state index in [1.54, 1.807) is 7.11 Å². The molecule has 0 unspecified atom stereocenters. The van der Waals surface area contributed by atoms with Crippen molar-refractivity contribution in [2.75, 3.05) is 7.11 Å². The highest BCUT2D eigenvalue weighted by atomic mass is 16.5. The number of nitrogens with zero attached hydrogens (tertiary/aromatic N) is 2. The fourth-order valence-corrected chi connectivity index (χ4v) is 3.49. The van der Waals surface area contributed by atoms with Gasteiger partial charge in [0.15, 0.2) is 5.66 Å². The van der Waals surface area contributed by atoms with Gasteiger partial charge in [-0.1, -0.05) is 31.4 Å². The first kappa shape index (κ1) is 14.1. The van der Waals surface area contributed by atoms with Crippen LogP contribution in [0.3, 0.4) is 0 Å². The van der Waals surface area contributed by atoms with E-state index >= 15 is 0 Å². The molecule has 0 spiro atoms. The van der Waals surface area contributed by atoms with Crippen LogP contribution in [0.4, 0.5) is 0 Å². The smallest absolute Gasteiger partial charge is 0.181 e. The zero-order valence-corrected chi connectivity index (χ0v) is 12.8. The van der Waals surface area contributed by atoms with Crippen molar-refractivity contribution in [2.45, 2.75) is 44.7 Å². The van der Waals surface area contributed by atoms with E-state index in [2.05, 4.69) is 12.1 Å².